The highest BCUT2D eigenvalue weighted by atomic mass is 15.1. The van der Waals surface area contributed by atoms with Gasteiger partial charge in [0.15, 0.2) is 0 Å². The van der Waals surface area contributed by atoms with E-state index in [4.69, 9.17) is 0 Å². The van der Waals surface area contributed by atoms with Crippen LogP contribution in [-0.2, 0) is 0 Å². The number of benzene rings is 3. The lowest BCUT2D eigenvalue weighted by atomic mass is 10.0. The van der Waals surface area contributed by atoms with Crippen molar-refractivity contribution >= 4 is 11.4 Å². The molecule has 0 unspecified atom stereocenters. The molecule has 0 radical (unpaired) electrons. The minimum absolute atomic E-state index is 0.484. The van der Waals surface area contributed by atoms with E-state index in [1.807, 2.05) is 6.07 Å². The number of para-hydroxylation sites is 2. The van der Waals surface area contributed by atoms with Crippen LogP contribution in [0.4, 0.5) is 11.4 Å². The summed E-state index contributed by atoms with van der Waals surface area (Å²) in [5.74, 6) is 0.484. The van der Waals surface area contributed by atoms with Crippen molar-refractivity contribution in [3.05, 3.63) is 96.6 Å². The van der Waals surface area contributed by atoms with E-state index in [9.17, 15) is 0 Å². The number of anilines is 2. The summed E-state index contributed by atoms with van der Waals surface area (Å²) in [5, 5.41) is 3.52. The lowest BCUT2D eigenvalue weighted by molar-refractivity contribution is 0.694. The first-order valence-corrected chi connectivity index (χ1v) is 8.97. The van der Waals surface area contributed by atoms with E-state index in [0.29, 0.717) is 5.92 Å². The van der Waals surface area contributed by atoms with Crippen LogP contribution in [0.15, 0.2) is 91.0 Å². The highest BCUT2D eigenvalue weighted by Crippen LogP contribution is 2.21. The van der Waals surface area contributed by atoms with Gasteiger partial charge in [-0.25, -0.2) is 0 Å². The second kappa shape index (κ2) is 8.93. The van der Waals surface area contributed by atoms with Crippen LogP contribution in [0.1, 0.15) is 18.4 Å². The molecule has 2 nitrogen and oxygen atoms in total. The second-order valence-corrected chi connectivity index (χ2v) is 6.39. The monoisotopic (exact) mass is 330 g/mol. The molecular weight excluding hydrogens is 304 g/mol. The third-order valence-electron chi connectivity index (χ3n) is 4.47. The van der Waals surface area contributed by atoms with Gasteiger partial charge in [0.25, 0.3) is 0 Å². The van der Waals surface area contributed by atoms with Crippen LogP contribution in [-0.4, -0.2) is 19.6 Å². The van der Waals surface area contributed by atoms with Gasteiger partial charge < -0.3 is 10.2 Å². The molecule has 0 heterocycles. The molecule has 0 saturated carbocycles. The fourth-order valence-corrected chi connectivity index (χ4v) is 3.07. The first-order valence-electron chi connectivity index (χ1n) is 8.97. The minimum Gasteiger partial charge on any atom is -0.383 e. The lowest BCUT2D eigenvalue weighted by Crippen LogP contribution is -2.32. The summed E-state index contributed by atoms with van der Waals surface area (Å²) in [5.41, 5.74) is 3.84. The molecule has 0 aliphatic carbocycles. The van der Waals surface area contributed by atoms with Crippen molar-refractivity contribution in [2.45, 2.75) is 12.8 Å². The normalized spacial score (nSPS) is 11.7. The predicted octanol–water partition coefficient (Wildman–Crippen LogP) is 5.41. The average Bonchev–Trinajstić information content (AvgIpc) is 2.69. The zero-order valence-corrected chi connectivity index (χ0v) is 14.8. The maximum Gasteiger partial charge on any atom is 0.0367 e. The van der Waals surface area contributed by atoms with Crippen molar-refractivity contribution in [3.8, 4) is 0 Å². The fraction of sp³-hybridized carbons (Fsp3) is 0.217. The molecule has 0 bridgehead atoms. The number of nitrogens with zero attached hydrogens (tertiary/aromatic N) is 1. The summed E-state index contributed by atoms with van der Waals surface area (Å²) in [7, 11) is 0. The van der Waals surface area contributed by atoms with Crippen molar-refractivity contribution in [1.82, 2.24) is 0 Å². The van der Waals surface area contributed by atoms with E-state index in [0.717, 1.165) is 19.6 Å². The Hall–Kier alpha value is -2.74. The minimum atomic E-state index is 0.484. The smallest absolute Gasteiger partial charge is 0.0367 e. The summed E-state index contributed by atoms with van der Waals surface area (Å²) in [6.45, 7) is 5.19. The zero-order chi connectivity index (χ0) is 17.3. The summed E-state index contributed by atoms with van der Waals surface area (Å²) in [4.78, 5) is 2.47. The Bertz CT molecular complexity index is 726. The predicted molar refractivity (Wildman–Crippen MR) is 108 cm³/mol. The Balaban J connectivity index is 1.65. The molecule has 0 aromatic heterocycles. The highest BCUT2D eigenvalue weighted by Gasteiger charge is 2.12. The number of hydrogen-bond acceptors (Lipinski definition) is 2. The molecule has 0 saturated heterocycles. The molecule has 0 amide bonds. The van der Waals surface area contributed by atoms with Crippen molar-refractivity contribution in [3.63, 3.8) is 0 Å². The van der Waals surface area contributed by atoms with Crippen LogP contribution in [0.25, 0.3) is 0 Å². The van der Waals surface area contributed by atoms with Crippen LogP contribution in [0.5, 0.6) is 0 Å². The first-order chi connectivity index (χ1) is 12.3. The van der Waals surface area contributed by atoms with Crippen LogP contribution in [0.3, 0.4) is 0 Å². The second-order valence-electron chi connectivity index (χ2n) is 6.39. The maximum atomic E-state index is 3.52. The molecule has 0 aliphatic rings. The lowest BCUT2D eigenvalue weighted by Gasteiger charge is -2.28. The number of hydrogen-bond donors (Lipinski definition) is 1. The molecule has 3 aromatic rings. The van der Waals surface area contributed by atoms with Crippen LogP contribution >= 0.6 is 0 Å². The van der Waals surface area contributed by atoms with Gasteiger partial charge in [0.05, 0.1) is 0 Å². The summed E-state index contributed by atoms with van der Waals surface area (Å²) >= 11 is 0. The van der Waals surface area contributed by atoms with Crippen LogP contribution in [0, 0.1) is 0 Å². The Morgan fingerprint density at radius 3 is 1.96 bits per heavy atom. The number of nitrogens with one attached hydrogen (secondary N) is 1. The Labute approximate surface area is 151 Å². The van der Waals surface area contributed by atoms with E-state index in [-0.39, 0.29) is 0 Å². The topological polar surface area (TPSA) is 15.3 Å². The third kappa shape index (κ3) is 5.12. The molecule has 128 valence electrons. The molecule has 3 rings (SSSR count). The van der Waals surface area contributed by atoms with Crippen molar-refractivity contribution in [2.24, 2.45) is 0 Å². The van der Waals surface area contributed by atoms with Gasteiger partial charge in [-0.05, 0) is 35.7 Å². The van der Waals surface area contributed by atoms with Gasteiger partial charge in [0.2, 0.25) is 0 Å². The summed E-state index contributed by atoms with van der Waals surface area (Å²) in [6.07, 6.45) is 0. The quantitative estimate of drug-likeness (QED) is 0.594. The standard InChI is InChI=1S/C23H26N2/c1-20(21-11-5-2-6-12-21)19-25(23-15-9-4-10-16-23)18-17-24-22-13-7-3-8-14-22/h2-16,20,24H,17-19H2,1H3/t20-/m1/s1. The zero-order valence-electron chi connectivity index (χ0n) is 14.8. The fourth-order valence-electron chi connectivity index (χ4n) is 3.07. The van der Waals surface area contributed by atoms with E-state index in [1.54, 1.807) is 0 Å². The highest BCUT2D eigenvalue weighted by molar-refractivity contribution is 5.48. The van der Waals surface area contributed by atoms with Gasteiger partial charge in [-0.2, -0.15) is 0 Å². The van der Waals surface area contributed by atoms with E-state index < -0.39 is 0 Å². The summed E-state index contributed by atoms with van der Waals surface area (Å²) in [6, 6.07) is 31.8. The first kappa shape index (κ1) is 17.1. The van der Waals surface area contributed by atoms with Crippen LogP contribution in [0.2, 0.25) is 0 Å². The Morgan fingerprint density at radius 1 is 0.760 bits per heavy atom. The van der Waals surface area contributed by atoms with Gasteiger partial charge in [0, 0.05) is 31.0 Å². The molecule has 0 spiro atoms. The van der Waals surface area contributed by atoms with Gasteiger partial charge in [-0.1, -0.05) is 73.7 Å². The van der Waals surface area contributed by atoms with Crippen molar-refractivity contribution < 1.29 is 0 Å². The largest absolute Gasteiger partial charge is 0.383 e. The molecule has 25 heavy (non-hydrogen) atoms. The SMILES string of the molecule is C[C@H](CN(CCNc1ccccc1)c1ccccc1)c1ccccc1. The molecule has 1 N–H and O–H groups in total. The maximum absolute atomic E-state index is 3.52. The molecular formula is C23H26N2. The summed E-state index contributed by atoms with van der Waals surface area (Å²) < 4.78 is 0. The van der Waals surface area contributed by atoms with Gasteiger partial charge in [0.1, 0.15) is 0 Å². The molecule has 0 aliphatic heterocycles. The van der Waals surface area contributed by atoms with E-state index >= 15 is 0 Å². The molecule has 2 heteroatoms. The molecule has 0 fully saturated rings. The third-order valence-corrected chi connectivity index (χ3v) is 4.47. The van der Waals surface area contributed by atoms with E-state index in [1.165, 1.54) is 16.9 Å². The van der Waals surface area contributed by atoms with Crippen molar-refractivity contribution in [2.75, 3.05) is 29.9 Å². The Kier molecular flexibility index (Phi) is 6.11. The van der Waals surface area contributed by atoms with Gasteiger partial charge in [-0.3, -0.25) is 0 Å². The van der Waals surface area contributed by atoms with E-state index in [2.05, 4.69) is 102 Å². The van der Waals surface area contributed by atoms with Crippen LogP contribution < -0.4 is 10.2 Å². The molecule has 3 aromatic carbocycles. The van der Waals surface area contributed by atoms with Gasteiger partial charge in [-0.15, -0.1) is 0 Å². The average molecular weight is 330 g/mol. The molecule has 1 atom stereocenters. The van der Waals surface area contributed by atoms with Crippen molar-refractivity contribution in [1.29, 1.82) is 0 Å². The Morgan fingerprint density at radius 2 is 1.32 bits per heavy atom. The number of rotatable bonds is 8. The van der Waals surface area contributed by atoms with Gasteiger partial charge >= 0.3 is 0 Å².